The molecule has 6 nitrogen and oxygen atoms in total. The Labute approximate surface area is 165 Å². The first kappa shape index (κ1) is 18.8. The van der Waals surface area contributed by atoms with E-state index in [1.165, 1.54) is 10.9 Å². The summed E-state index contributed by atoms with van der Waals surface area (Å²) >= 11 is 3.37. The van der Waals surface area contributed by atoms with E-state index >= 15 is 0 Å². The second kappa shape index (κ2) is 7.75. The molecule has 2 aromatic carbocycles. The molecule has 0 fully saturated rings. The van der Waals surface area contributed by atoms with Crippen molar-refractivity contribution in [2.24, 2.45) is 4.99 Å². The summed E-state index contributed by atoms with van der Waals surface area (Å²) < 4.78 is 2.34. The van der Waals surface area contributed by atoms with Crippen molar-refractivity contribution in [1.29, 1.82) is 0 Å². The SMILES string of the molecule is Cc1ccc(NC(=O)N=Cc2c(C)[nH]n(-c3ccc(Br)cc3)c2=O)cc1C. The third kappa shape index (κ3) is 4.25. The minimum absolute atomic E-state index is 0.266. The van der Waals surface area contributed by atoms with Gasteiger partial charge in [-0.25, -0.2) is 14.5 Å². The number of benzene rings is 2. The van der Waals surface area contributed by atoms with Gasteiger partial charge >= 0.3 is 6.03 Å². The van der Waals surface area contributed by atoms with Crippen LogP contribution in [0.25, 0.3) is 5.69 Å². The summed E-state index contributed by atoms with van der Waals surface area (Å²) in [7, 11) is 0. The van der Waals surface area contributed by atoms with Crippen LogP contribution in [-0.4, -0.2) is 22.0 Å². The molecule has 7 heteroatoms. The first-order chi connectivity index (χ1) is 12.8. The number of anilines is 1. The summed E-state index contributed by atoms with van der Waals surface area (Å²) in [6.45, 7) is 5.74. The fourth-order valence-electron chi connectivity index (χ4n) is 2.58. The van der Waals surface area contributed by atoms with E-state index in [4.69, 9.17) is 0 Å². The third-order valence-corrected chi connectivity index (χ3v) is 4.80. The molecule has 138 valence electrons. The number of aromatic amines is 1. The first-order valence-electron chi connectivity index (χ1n) is 8.35. The number of urea groups is 1. The van der Waals surface area contributed by atoms with Crippen molar-refractivity contribution in [1.82, 2.24) is 9.78 Å². The van der Waals surface area contributed by atoms with Gasteiger partial charge in [0.25, 0.3) is 5.56 Å². The molecular formula is C20H19BrN4O2. The number of aryl methyl sites for hydroxylation is 3. The molecule has 3 rings (SSSR count). The topological polar surface area (TPSA) is 79.2 Å². The predicted molar refractivity (Wildman–Crippen MR) is 111 cm³/mol. The van der Waals surface area contributed by atoms with E-state index < -0.39 is 6.03 Å². The highest BCUT2D eigenvalue weighted by Gasteiger charge is 2.11. The number of aromatic nitrogens is 2. The number of nitrogens with one attached hydrogen (secondary N) is 2. The summed E-state index contributed by atoms with van der Waals surface area (Å²) in [4.78, 5) is 28.6. The number of rotatable bonds is 3. The Morgan fingerprint density at radius 2 is 1.81 bits per heavy atom. The van der Waals surface area contributed by atoms with Gasteiger partial charge in [-0.2, -0.15) is 0 Å². The molecular weight excluding hydrogens is 408 g/mol. The number of carbonyl (C=O) groups excluding carboxylic acids is 1. The zero-order chi connectivity index (χ0) is 19.6. The summed E-state index contributed by atoms with van der Waals surface area (Å²) in [6, 6.07) is 12.4. The number of hydrogen-bond donors (Lipinski definition) is 2. The Morgan fingerprint density at radius 1 is 1.11 bits per heavy atom. The van der Waals surface area contributed by atoms with Crippen molar-refractivity contribution >= 4 is 33.9 Å². The Kier molecular flexibility index (Phi) is 5.41. The fraction of sp³-hybridized carbons (Fsp3) is 0.150. The van der Waals surface area contributed by atoms with Crippen molar-refractivity contribution in [3.05, 3.63) is 79.7 Å². The van der Waals surface area contributed by atoms with Crippen LogP contribution in [0.2, 0.25) is 0 Å². The fourth-order valence-corrected chi connectivity index (χ4v) is 2.85. The number of halogens is 1. The van der Waals surface area contributed by atoms with Crippen LogP contribution in [0.5, 0.6) is 0 Å². The number of amides is 2. The number of aliphatic imine (C=N–C) groups is 1. The highest BCUT2D eigenvalue weighted by Crippen LogP contribution is 2.15. The van der Waals surface area contributed by atoms with Gasteiger partial charge in [0.2, 0.25) is 0 Å². The van der Waals surface area contributed by atoms with E-state index in [0.29, 0.717) is 22.6 Å². The van der Waals surface area contributed by atoms with E-state index in [0.717, 1.165) is 15.6 Å². The van der Waals surface area contributed by atoms with E-state index in [1.807, 2.05) is 56.3 Å². The molecule has 1 heterocycles. The summed E-state index contributed by atoms with van der Waals surface area (Å²) in [5.41, 5.74) is 4.30. The average molecular weight is 427 g/mol. The first-order valence-corrected chi connectivity index (χ1v) is 9.14. The van der Waals surface area contributed by atoms with Crippen LogP contribution in [-0.2, 0) is 0 Å². The Bertz CT molecular complexity index is 1080. The summed E-state index contributed by atoms with van der Waals surface area (Å²) in [5.74, 6) is 0. The molecule has 0 unspecified atom stereocenters. The van der Waals surface area contributed by atoms with Crippen LogP contribution in [0.1, 0.15) is 22.4 Å². The highest BCUT2D eigenvalue weighted by atomic mass is 79.9. The van der Waals surface area contributed by atoms with Crippen molar-refractivity contribution in [3.8, 4) is 5.69 Å². The molecule has 2 N–H and O–H groups in total. The summed E-state index contributed by atoms with van der Waals surface area (Å²) in [5, 5.41) is 5.70. The Balaban J connectivity index is 1.80. The molecule has 0 spiro atoms. The highest BCUT2D eigenvalue weighted by molar-refractivity contribution is 9.10. The molecule has 0 saturated carbocycles. The molecule has 27 heavy (non-hydrogen) atoms. The van der Waals surface area contributed by atoms with Gasteiger partial charge in [-0.3, -0.25) is 9.89 Å². The minimum atomic E-state index is -0.534. The van der Waals surface area contributed by atoms with Gasteiger partial charge in [-0.1, -0.05) is 22.0 Å². The lowest BCUT2D eigenvalue weighted by Crippen LogP contribution is -2.17. The van der Waals surface area contributed by atoms with Gasteiger partial charge in [-0.15, -0.1) is 0 Å². The average Bonchev–Trinajstić information content (AvgIpc) is 2.91. The van der Waals surface area contributed by atoms with E-state index in [-0.39, 0.29) is 5.56 Å². The van der Waals surface area contributed by atoms with Gasteiger partial charge < -0.3 is 5.32 Å². The van der Waals surface area contributed by atoms with E-state index in [2.05, 4.69) is 31.3 Å². The lowest BCUT2D eigenvalue weighted by atomic mass is 10.1. The van der Waals surface area contributed by atoms with Crippen LogP contribution >= 0.6 is 15.9 Å². The molecule has 0 radical (unpaired) electrons. The molecule has 0 aliphatic heterocycles. The molecule has 0 aliphatic rings. The van der Waals surface area contributed by atoms with Gasteiger partial charge in [0.1, 0.15) is 0 Å². The van der Waals surface area contributed by atoms with Crippen molar-refractivity contribution in [2.75, 3.05) is 5.32 Å². The number of H-pyrrole nitrogens is 1. The molecule has 0 saturated heterocycles. The standard InChI is InChI=1S/C20H19BrN4O2/c1-12-4-7-16(10-13(12)2)23-20(27)22-11-18-14(3)24-25(19(18)26)17-8-5-15(21)6-9-17/h4-11,24H,1-3H3,(H,23,27). The van der Waals surface area contributed by atoms with E-state index in [1.54, 1.807) is 6.92 Å². The maximum atomic E-state index is 12.6. The van der Waals surface area contributed by atoms with E-state index in [9.17, 15) is 9.59 Å². The maximum Gasteiger partial charge on any atom is 0.345 e. The Hall–Kier alpha value is -2.93. The van der Waals surface area contributed by atoms with Gasteiger partial charge in [0.05, 0.1) is 11.3 Å². The zero-order valence-corrected chi connectivity index (χ0v) is 16.8. The van der Waals surface area contributed by atoms with Gasteiger partial charge in [0, 0.05) is 22.1 Å². The van der Waals surface area contributed by atoms with Gasteiger partial charge in [0.15, 0.2) is 0 Å². The molecule has 3 aromatic rings. The molecule has 2 amide bonds. The lowest BCUT2D eigenvalue weighted by molar-refractivity contribution is 0.259. The number of carbonyl (C=O) groups is 1. The molecule has 0 bridgehead atoms. The molecule has 0 atom stereocenters. The second-order valence-corrected chi connectivity index (χ2v) is 7.17. The summed E-state index contributed by atoms with van der Waals surface area (Å²) in [6.07, 6.45) is 1.29. The van der Waals surface area contributed by atoms with Crippen LogP contribution in [0, 0.1) is 20.8 Å². The normalized spacial score (nSPS) is 11.1. The quantitative estimate of drug-likeness (QED) is 0.604. The van der Waals surface area contributed by atoms with Crippen molar-refractivity contribution < 1.29 is 4.79 Å². The van der Waals surface area contributed by atoms with Crippen LogP contribution in [0.15, 0.2) is 56.7 Å². The molecule has 0 aliphatic carbocycles. The lowest BCUT2D eigenvalue weighted by Gasteiger charge is -2.04. The van der Waals surface area contributed by atoms with Gasteiger partial charge in [-0.05, 0) is 68.3 Å². The monoisotopic (exact) mass is 426 g/mol. The Morgan fingerprint density at radius 3 is 2.48 bits per heavy atom. The third-order valence-electron chi connectivity index (χ3n) is 4.27. The second-order valence-electron chi connectivity index (χ2n) is 6.25. The molecule has 1 aromatic heterocycles. The minimum Gasteiger partial charge on any atom is -0.306 e. The number of nitrogens with zero attached hydrogens (tertiary/aromatic N) is 2. The van der Waals surface area contributed by atoms with Crippen LogP contribution in [0.4, 0.5) is 10.5 Å². The van der Waals surface area contributed by atoms with Crippen molar-refractivity contribution in [2.45, 2.75) is 20.8 Å². The van der Waals surface area contributed by atoms with Crippen molar-refractivity contribution in [3.63, 3.8) is 0 Å². The number of hydrogen-bond acceptors (Lipinski definition) is 2. The zero-order valence-electron chi connectivity index (χ0n) is 15.2. The maximum absolute atomic E-state index is 12.6. The smallest absolute Gasteiger partial charge is 0.306 e. The van der Waals surface area contributed by atoms with Crippen LogP contribution in [0.3, 0.4) is 0 Å². The van der Waals surface area contributed by atoms with Crippen LogP contribution < -0.4 is 10.9 Å². The largest absolute Gasteiger partial charge is 0.345 e. The predicted octanol–water partition coefficient (Wildman–Crippen LogP) is 4.50.